The molecule has 0 aliphatic carbocycles. The molecule has 6 rings (SSSR count). The molecule has 2 saturated heterocycles. The Hall–Kier alpha value is -4.33. The number of para-hydroxylation sites is 1. The van der Waals surface area contributed by atoms with E-state index in [1.807, 2.05) is 97.4 Å². The van der Waals surface area contributed by atoms with Crippen LogP contribution in [-0.4, -0.2) is 68.7 Å². The number of hydrogen-bond acceptors (Lipinski definition) is 3. The highest BCUT2D eigenvalue weighted by Gasteiger charge is 2.50. The zero-order valence-electron chi connectivity index (χ0n) is 22.4. The number of nitrogens with one attached hydrogen (secondary N) is 3. The lowest BCUT2D eigenvalue weighted by Gasteiger charge is -2.39. The summed E-state index contributed by atoms with van der Waals surface area (Å²) >= 11 is 0. The van der Waals surface area contributed by atoms with Crippen molar-refractivity contribution in [2.45, 2.75) is 45.3 Å². The van der Waals surface area contributed by atoms with Gasteiger partial charge in [0.1, 0.15) is 17.4 Å². The summed E-state index contributed by atoms with van der Waals surface area (Å²) in [6, 6.07) is 20.5. The van der Waals surface area contributed by atoms with Gasteiger partial charge in [-0.2, -0.15) is 0 Å². The smallest absolute Gasteiger partial charge is 0.270 e. The van der Waals surface area contributed by atoms with E-state index in [1.165, 1.54) is 0 Å². The molecule has 2 aromatic heterocycles. The number of aromatic amines is 2. The van der Waals surface area contributed by atoms with Gasteiger partial charge in [-0.1, -0.05) is 69.3 Å². The van der Waals surface area contributed by atoms with Crippen molar-refractivity contribution in [3.63, 3.8) is 0 Å². The van der Waals surface area contributed by atoms with Crippen molar-refractivity contribution in [1.29, 1.82) is 0 Å². The van der Waals surface area contributed by atoms with Crippen LogP contribution in [0.3, 0.4) is 0 Å². The Labute approximate surface area is 227 Å². The van der Waals surface area contributed by atoms with E-state index >= 15 is 0 Å². The molecule has 0 spiro atoms. The molecular formula is C31H33N5O3. The predicted molar refractivity (Wildman–Crippen MR) is 150 cm³/mol. The van der Waals surface area contributed by atoms with Gasteiger partial charge in [0.25, 0.3) is 11.8 Å². The van der Waals surface area contributed by atoms with Gasteiger partial charge in [-0.05, 0) is 41.2 Å². The summed E-state index contributed by atoms with van der Waals surface area (Å²) in [4.78, 5) is 50.4. The molecule has 4 aromatic rings. The maximum Gasteiger partial charge on any atom is 0.270 e. The van der Waals surface area contributed by atoms with E-state index in [0.29, 0.717) is 24.5 Å². The van der Waals surface area contributed by atoms with Crippen molar-refractivity contribution < 1.29 is 14.4 Å². The first-order valence-electron chi connectivity index (χ1n) is 13.4. The van der Waals surface area contributed by atoms with E-state index in [2.05, 4.69) is 15.3 Å². The van der Waals surface area contributed by atoms with Gasteiger partial charge in [0, 0.05) is 30.2 Å². The van der Waals surface area contributed by atoms with Crippen molar-refractivity contribution in [3.8, 4) is 11.1 Å². The molecule has 4 heterocycles. The van der Waals surface area contributed by atoms with Crippen LogP contribution in [-0.2, 0) is 4.79 Å². The SMILES string of the molecule is CC(C)(C)[C@H](NC(=O)c1cc2ccccc2[nH]1)C(=O)N1C[C@@H]2C[C@H]1CN2C(=O)c1cc(-c2ccccc2)c[nH]1. The monoisotopic (exact) mass is 523 g/mol. The summed E-state index contributed by atoms with van der Waals surface area (Å²) in [5.41, 5.74) is 3.39. The van der Waals surface area contributed by atoms with E-state index < -0.39 is 11.5 Å². The minimum absolute atomic E-state index is 0.0417. The first kappa shape index (κ1) is 25.0. The van der Waals surface area contributed by atoms with Crippen molar-refractivity contribution in [3.05, 3.63) is 84.3 Å². The average Bonchev–Trinajstić information content (AvgIpc) is 3.73. The van der Waals surface area contributed by atoms with E-state index in [0.717, 1.165) is 28.5 Å². The highest BCUT2D eigenvalue weighted by atomic mass is 16.2. The van der Waals surface area contributed by atoms with Crippen LogP contribution in [0.5, 0.6) is 0 Å². The van der Waals surface area contributed by atoms with Gasteiger partial charge in [-0.25, -0.2) is 0 Å². The van der Waals surface area contributed by atoms with Crippen LogP contribution in [0.4, 0.5) is 0 Å². The standard InChI is InChI=1S/C31H33N5O3/c1-31(2,3)27(34-28(37)25-13-20-11-7-8-12-24(20)33-25)30(39)36-18-22-15-23(36)17-35(22)29(38)26-14-21(16-32-26)19-9-5-4-6-10-19/h4-14,16,22-23,27,32-33H,15,17-18H2,1-3H3,(H,34,37)/t22-,23-,27+/m0/s1. The van der Waals surface area contributed by atoms with Crippen LogP contribution >= 0.6 is 0 Å². The van der Waals surface area contributed by atoms with E-state index in [-0.39, 0.29) is 29.8 Å². The third-order valence-corrected chi connectivity index (χ3v) is 7.97. The van der Waals surface area contributed by atoms with E-state index in [1.54, 1.807) is 6.07 Å². The predicted octanol–water partition coefficient (Wildman–Crippen LogP) is 4.43. The molecular weight excluding hydrogens is 490 g/mol. The summed E-state index contributed by atoms with van der Waals surface area (Å²) in [5, 5.41) is 3.95. The first-order valence-corrected chi connectivity index (χ1v) is 13.4. The van der Waals surface area contributed by atoms with Crippen molar-refractivity contribution in [1.82, 2.24) is 25.1 Å². The second-order valence-corrected chi connectivity index (χ2v) is 11.7. The molecule has 2 aromatic carbocycles. The van der Waals surface area contributed by atoms with Crippen LogP contribution in [0.25, 0.3) is 22.0 Å². The zero-order valence-corrected chi connectivity index (χ0v) is 22.4. The fraction of sp³-hybridized carbons (Fsp3) is 0.323. The second kappa shape index (κ2) is 9.45. The molecule has 2 aliphatic heterocycles. The lowest BCUT2D eigenvalue weighted by molar-refractivity contribution is -0.138. The molecule has 8 heteroatoms. The normalized spacial score (nSPS) is 19.5. The fourth-order valence-electron chi connectivity index (χ4n) is 5.87. The number of hydrogen-bond donors (Lipinski definition) is 3. The number of rotatable bonds is 5. The Bertz CT molecular complexity index is 1510. The minimum Gasteiger partial charge on any atom is -0.357 e. The summed E-state index contributed by atoms with van der Waals surface area (Å²) in [6.45, 7) is 6.83. The number of aromatic nitrogens is 2. The molecule has 39 heavy (non-hydrogen) atoms. The highest BCUT2D eigenvalue weighted by Crippen LogP contribution is 2.34. The number of amides is 3. The molecule has 0 unspecified atom stereocenters. The van der Waals surface area contributed by atoms with Gasteiger partial charge in [-0.3, -0.25) is 14.4 Å². The number of benzene rings is 2. The zero-order chi connectivity index (χ0) is 27.3. The number of fused-ring (bicyclic) bond motifs is 3. The maximum absolute atomic E-state index is 13.8. The van der Waals surface area contributed by atoms with Crippen LogP contribution < -0.4 is 5.32 Å². The third-order valence-electron chi connectivity index (χ3n) is 7.97. The number of carbonyl (C=O) groups is 3. The molecule has 3 amide bonds. The van der Waals surface area contributed by atoms with Gasteiger partial charge in [0.15, 0.2) is 0 Å². The Morgan fingerprint density at radius 2 is 1.56 bits per heavy atom. The van der Waals surface area contributed by atoms with Crippen molar-refractivity contribution in [2.75, 3.05) is 13.1 Å². The van der Waals surface area contributed by atoms with Crippen LogP contribution in [0.2, 0.25) is 0 Å². The highest BCUT2D eigenvalue weighted by molar-refractivity contribution is 6.00. The Balaban J connectivity index is 1.14. The second-order valence-electron chi connectivity index (χ2n) is 11.7. The Kier molecular flexibility index (Phi) is 6.05. The maximum atomic E-state index is 13.8. The molecule has 3 atom stereocenters. The minimum atomic E-state index is -0.697. The Morgan fingerprint density at radius 3 is 2.26 bits per heavy atom. The largest absolute Gasteiger partial charge is 0.357 e. The summed E-state index contributed by atoms with van der Waals surface area (Å²) < 4.78 is 0. The molecule has 2 aliphatic rings. The number of likely N-dealkylation sites (tertiary alicyclic amines) is 2. The molecule has 2 bridgehead atoms. The number of carbonyl (C=O) groups excluding carboxylic acids is 3. The van der Waals surface area contributed by atoms with Gasteiger partial charge in [0.2, 0.25) is 5.91 Å². The van der Waals surface area contributed by atoms with Crippen molar-refractivity contribution in [2.24, 2.45) is 5.41 Å². The van der Waals surface area contributed by atoms with Gasteiger partial charge in [0.05, 0.1) is 12.1 Å². The molecule has 8 nitrogen and oxygen atoms in total. The molecule has 0 saturated carbocycles. The topological polar surface area (TPSA) is 101 Å². The summed E-state index contributed by atoms with van der Waals surface area (Å²) in [6.07, 6.45) is 2.60. The molecule has 200 valence electrons. The van der Waals surface area contributed by atoms with Crippen LogP contribution in [0.15, 0.2) is 72.9 Å². The lowest BCUT2D eigenvalue weighted by atomic mass is 9.85. The molecule has 0 radical (unpaired) electrons. The Morgan fingerprint density at radius 1 is 0.872 bits per heavy atom. The quantitative estimate of drug-likeness (QED) is 0.361. The summed E-state index contributed by atoms with van der Waals surface area (Å²) in [7, 11) is 0. The first-order chi connectivity index (χ1) is 18.7. The van der Waals surface area contributed by atoms with Crippen LogP contribution in [0.1, 0.15) is 48.2 Å². The summed E-state index contributed by atoms with van der Waals surface area (Å²) in [5.74, 6) is -0.448. The van der Waals surface area contributed by atoms with E-state index in [4.69, 9.17) is 0 Å². The van der Waals surface area contributed by atoms with Gasteiger partial charge >= 0.3 is 0 Å². The number of piperazine rings is 1. The lowest BCUT2D eigenvalue weighted by Crippen LogP contribution is -2.59. The van der Waals surface area contributed by atoms with Crippen LogP contribution in [0, 0.1) is 5.41 Å². The number of nitrogens with zero attached hydrogens (tertiary/aromatic N) is 2. The fourth-order valence-corrected chi connectivity index (χ4v) is 5.87. The molecule has 2 fully saturated rings. The van der Waals surface area contributed by atoms with Gasteiger partial charge < -0.3 is 25.1 Å². The van der Waals surface area contributed by atoms with Crippen molar-refractivity contribution >= 4 is 28.6 Å². The third kappa shape index (κ3) is 4.60. The molecule has 3 N–H and O–H groups in total. The number of H-pyrrole nitrogens is 2. The van der Waals surface area contributed by atoms with Gasteiger partial charge in [-0.15, -0.1) is 0 Å². The van der Waals surface area contributed by atoms with E-state index in [9.17, 15) is 14.4 Å². The average molecular weight is 524 g/mol.